The van der Waals surface area contributed by atoms with Crippen molar-refractivity contribution >= 4 is 32.6 Å². The van der Waals surface area contributed by atoms with Gasteiger partial charge in [0.05, 0.1) is 0 Å². The van der Waals surface area contributed by atoms with Crippen LogP contribution in [-0.4, -0.2) is 4.98 Å². The molecule has 1 heteroatoms. The van der Waals surface area contributed by atoms with Crippen molar-refractivity contribution in [1.29, 1.82) is 0 Å². The number of benzene rings is 5. The van der Waals surface area contributed by atoms with Gasteiger partial charge in [0.2, 0.25) is 0 Å². The first kappa shape index (κ1) is 17.8. The van der Waals surface area contributed by atoms with Crippen molar-refractivity contribution in [1.82, 2.24) is 4.98 Å². The van der Waals surface area contributed by atoms with Crippen LogP contribution in [-0.2, 0) is 5.41 Å². The summed E-state index contributed by atoms with van der Waals surface area (Å²) in [6, 6.07) is 35.6. The van der Waals surface area contributed by atoms with E-state index in [1.807, 2.05) is 0 Å². The average Bonchev–Trinajstić information content (AvgIpc) is 3.30. The molecule has 7 rings (SSSR count). The summed E-state index contributed by atoms with van der Waals surface area (Å²) in [5, 5.41) is 5.21. The van der Waals surface area contributed by atoms with Gasteiger partial charge in [0.1, 0.15) is 0 Å². The number of nitrogens with one attached hydrogen (secondary N) is 1. The normalized spacial score (nSPS) is 14.2. The molecule has 0 amide bonds. The van der Waals surface area contributed by atoms with Gasteiger partial charge in [-0.2, -0.15) is 0 Å². The van der Waals surface area contributed by atoms with Gasteiger partial charge in [-0.05, 0) is 68.4 Å². The summed E-state index contributed by atoms with van der Waals surface area (Å²) in [6.07, 6.45) is 0. The molecule has 1 nitrogen and oxygen atoms in total. The molecule has 0 saturated carbocycles. The molecule has 6 aromatic rings. The Labute approximate surface area is 187 Å². The standard InChI is InChI=1S/C31H23N/c1-31(2)26-11-7-6-10-22(26)30-23-18-25-24-16-20(19-8-4-3-5-9-19)13-15-28(24)32-29(25)17-21(23)12-14-27(30)31/h3-18,32H,1-2H3. The van der Waals surface area contributed by atoms with Crippen molar-refractivity contribution in [3.05, 3.63) is 108 Å². The Morgan fingerprint density at radius 2 is 1.34 bits per heavy atom. The number of H-pyrrole nitrogens is 1. The molecule has 1 aliphatic carbocycles. The van der Waals surface area contributed by atoms with Crippen molar-refractivity contribution in [2.24, 2.45) is 0 Å². The monoisotopic (exact) mass is 409 g/mol. The van der Waals surface area contributed by atoms with Crippen LogP contribution >= 0.6 is 0 Å². The van der Waals surface area contributed by atoms with E-state index in [4.69, 9.17) is 0 Å². The van der Waals surface area contributed by atoms with Crippen LogP contribution in [0.5, 0.6) is 0 Å². The third kappa shape index (κ3) is 2.28. The molecular weight excluding hydrogens is 386 g/mol. The maximum atomic E-state index is 3.65. The van der Waals surface area contributed by atoms with Crippen molar-refractivity contribution < 1.29 is 0 Å². The van der Waals surface area contributed by atoms with E-state index in [0.717, 1.165) is 0 Å². The molecule has 152 valence electrons. The Morgan fingerprint density at radius 1 is 0.562 bits per heavy atom. The lowest BCUT2D eigenvalue weighted by Crippen LogP contribution is -2.14. The van der Waals surface area contributed by atoms with Gasteiger partial charge in [-0.3, -0.25) is 0 Å². The van der Waals surface area contributed by atoms with Crippen LogP contribution in [0.4, 0.5) is 0 Å². The van der Waals surface area contributed by atoms with Gasteiger partial charge < -0.3 is 4.98 Å². The van der Waals surface area contributed by atoms with E-state index in [-0.39, 0.29) is 5.41 Å². The quantitative estimate of drug-likeness (QED) is 0.280. The molecule has 0 atom stereocenters. The maximum absolute atomic E-state index is 3.65. The molecular formula is C31H23N. The molecule has 0 aliphatic heterocycles. The van der Waals surface area contributed by atoms with E-state index in [2.05, 4.69) is 116 Å². The third-order valence-electron chi connectivity index (χ3n) is 7.39. The molecule has 0 radical (unpaired) electrons. The topological polar surface area (TPSA) is 15.8 Å². The lowest BCUT2D eigenvalue weighted by molar-refractivity contribution is 0.661. The second-order valence-electron chi connectivity index (χ2n) is 9.53. The highest BCUT2D eigenvalue weighted by atomic mass is 14.7. The molecule has 5 aromatic carbocycles. The predicted molar refractivity (Wildman–Crippen MR) is 136 cm³/mol. The molecule has 0 fully saturated rings. The average molecular weight is 410 g/mol. The molecule has 0 saturated heterocycles. The summed E-state index contributed by atoms with van der Waals surface area (Å²) in [7, 11) is 0. The maximum Gasteiger partial charge on any atom is 0.0471 e. The Hall–Kier alpha value is -3.84. The van der Waals surface area contributed by atoms with E-state index < -0.39 is 0 Å². The van der Waals surface area contributed by atoms with Crippen LogP contribution in [0.25, 0.3) is 54.8 Å². The third-order valence-corrected chi connectivity index (χ3v) is 7.39. The molecule has 32 heavy (non-hydrogen) atoms. The van der Waals surface area contributed by atoms with Crippen molar-refractivity contribution in [3.8, 4) is 22.3 Å². The first-order valence-corrected chi connectivity index (χ1v) is 11.3. The predicted octanol–water partition coefficient (Wildman–Crippen LogP) is 8.45. The number of rotatable bonds is 1. The first-order valence-electron chi connectivity index (χ1n) is 11.3. The van der Waals surface area contributed by atoms with E-state index in [1.165, 1.54) is 66.0 Å². The van der Waals surface area contributed by atoms with Crippen LogP contribution in [0, 0.1) is 0 Å². The fourth-order valence-corrected chi connectivity index (χ4v) is 5.73. The van der Waals surface area contributed by atoms with Gasteiger partial charge in [0.25, 0.3) is 0 Å². The number of hydrogen-bond donors (Lipinski definition) is 1. The summed E-state index contributed by atoms with van der Waals surface area (Å²) in [5.74, 6) is 0. The van der Waals surface area contributed by atoms with Gasteiger partial charge >= 0.3 is 0 Å². The van der Waals surface area contributed by atoms with Crippen LogP contribution in [0.1, 0.15) is 25.0 Å². The lowest BCUT2D eigenvalue weighted by Gasteiger charge is -2.21. The molecule has 0 bridgehead atoms. The highest BCUT2D eigenvalue weighted by Gasteiger charge is 2.36. The lowest BCUT2D eigenvalue weighted by atomic mass is 9.82. The zero-order valence-electron chi connectivity index (χ0n) is 18.2. The fraction of sp³-hybridized carbons (Fsp3) is 0.0968. The van der Waals surface area contributed by atoms with Gasteiger partial charge in [0.15, 0.2) is 0 Å². The smallest absolute Gasteiger partial charge is 0.0471 e. The number of aromatic nitrogens is 1. The number of aromatic amines is 1. The van der Waals surface area contributed by atoms with Crippen LogP contribution in [0.2, 0.25) is 0 Å². The van der Waals surface area contributed by atoms with Crippen molar-refractivity contribution in [2.75, 3.05) is 0 Å². The van der Waals surface area contributed by atoms with E-state index in [9.17, 15) is 0 Å². The Morgan fingerprint density at radius 3 is 2.22 bits per heavy atom. The van der Waals surface area contributed by atoms with Crippen LogP contribution in [0.3, 0.4) is 0 Å². The fourth-order valence-electron chi connectivity index (χ4n) is 5.73. The second kappa shape index (κ2) is 6.11. The molecule has 1 heterocycles. The summed E-state index contributed by atoms with van der Waals surface area (Å²) in [4.78, 5) is 3.65. The first-order chi connectivity index (χ1) is 15.6. The van der Waals surface area contributed by atoms with Gasteiger partial charge in [-0.15, -0.1) is 0 Å². The van der Waals surface area contributed by atoms with Gasteiger partial charge in [-0.1, -0.05) is 86.6 Å². The highest BCUT2D eigenvalue weighted by molar-refractivity contribution is 6.15. The highest BCUT2D eigenvalue weighted by Crippen LogP contribution is 2.51. The van der Waals surface area contributed by atoms with E-state index >= 15 is 0 Å². The molecule has 1 aliphatic rings. The second-order valence-corrected chi connectivity index (χ2v) is 9.53. The number of fused-ring (bicyclic) bond motifs is 8. The Kier molecular flexibility index (Phi) is 3.40. The number of hydrogen-bond acceptors (Lipinski definition) is 0. The minimum Gasteiger partial charge on any atom is -0.354 e. The van der Waals surface area contributed by atoms with Crippen molar-refractivity contribution in [2.45, 2.75) is 19.3 Å². The summed E-state index contributed by atoms with van der Waals surface area (Å²) >= 11 is 0. The molecule has 0 unspecified atom stereocenters. The van der Waals surface area contributed by atoms with E-state index in [1.54, 1.807) is 0 Å². The summed E-state index contributed by atoms with van der Waals surface area (Å²) in [6.45, 7) is 4.69. The zero-order valence-corrected chi connectivity index (χ0v) is 18.2. The minimum atomic E-state index is 0.0236. The van der Waals surface area contributed by atoms with Crippen molar-refractivity contribution in [3.63, 3.8) is 0 Å². The summed E-state index contributed by atoms with van der Waals surface area (Å²) in [5.41, 5.74) is 10.5. The largest absolute Gasteiger partial charge is 0.354 e. The van der Waals surface area contributed by atoms with Gasteiger partial charge in [0, 0.05) is 27.2 Å². The SMILES string of the molecule is CC1(C)c2ccccc2-c2c1ccc1cc3[nH]c4ccc(-c5ccccc5)cc4c3cc21. The summed E-state index contributed by atoms with van der Waals surface area (Å²) < 4.78 is 0. The minimum absolute atomic E-state index is 0.0236. The van der Waals surface area contributed by atoms with E-state index in [0.29, 0.717) is 0 Å². The molecule has 1 N–H and O–H groups in total. The Bertz CT molecular complexity index is 1680. The molecule has 0 spiro atoms. The van der Waals surface area contributed by atoms with Gasteiger partial charge in [-0.25, -0.2) is 0 Å². The van der Waals surface area contributed by atoms with Crippen LogP contribution < -0.4 is 0 Å². The molecule has 1 aromatic heterocycles. The Balaban J connectivity index is 1.56. The van der Waals surface area contributed by atoms with Crippen LogP contribution in [0.15, 0.2) is 97.1 Å². The zero-order chi connectivity index (χ0) is 21.4.